The molecule has 3 heteroatoms. The van der Waals surface area contributed by atoms with Gasteiger partial charge in [-0.3, -0.25) is 4.79 Å². The topological polar surface area (TPSA) is 29.1 Å². The maximum atomic E-state index is 11.2. The minimum absolute atomic E-state index is 0.335. The summed E-state index contributed by atoms with van der Waals surface area (Å²) in [6.45, 7) is 4.07. The van der Waals surface area contributed by atoms with Crippen LogP contribution in [0.5, 0.6) is 0 Å². The van der Waals surface area contributed by atoms with Crippen molar-refractivity contribution >= 4 is 16.9 Å². The zero-order valence-electron chi connectivity index (χ0n) is 8.14. The van der Waals surface area contributed by atoms with Crippen molar-refractivity contribution in [3.8, 4) is 0 Å². The summed E-state index contributed by atoms with van der Waals surface area (Å²) >= 11 is 1.44. The number of thioether (sulfide) groups is 1. The van der Waals surface area contributed by atoms with Gasteiger partial charge in [0.15, 0.2) is 5.12 Å². The summed E-state index contributed by atoms with van der Waals surface area (Å²) in [6, 6.07) is 0. The maximum Gasteiger partial charge on any atom is 0.189 e. The monoisotopic (exact) mass is 199 g/mol. The normalized spacial score (nSPS) is 16.8. The van der Waals surface area contributed by atoms with Crippen molar-refractivity contribution in [2.24, 2.45) is 0 Å². The van der Waals surface area contributed by atoms with Gasteiger partial charge in [0.1, 0.15) is 0 Å². The molecule has 0 saturated heterocycles. The lowest BCUT2D eigenvalue weighted by atomic mass is 10.0. The highest BCUT2D eigenvalue weighted by Gasteiger charge is 2.06. The SMILES string of the molecule is CCSC(=O)CCC1=CCNCC1. The van der Waals surface area contributed by atoms with E-state index in [1.54, 1.807) is 0 Å². The summed E-state index contributed by atoms with van der Waals surface area (Å²) in [4.78, 5) is 11.2. The number of hydrogen-bond donors (Lipinski definition) is 1. The second-order valence-electron chi connectivity index (χ2n) is 3.12. The fourth-order valence-electron chi connectivity index (χ4n) is 1.39. The fourth-order valence-corrected chi connectivity index (χ4v) is 1.96. The third-order valence-electron chi connectivity index (χ3n) is 2.11. The van der Waals surface area contributed by atoms with Crippen molar-refractivity contribution in [1.82, 2.24) is 5.32 Å². The van der Waals surface area contributed by atoms with E-state index in [-0.39, 0.29) is 0 Å². The third-order valence-corrected chi connectivity index (χ3v) is 2.93. The van der Waals surface area contributed by atoms with Gasteiger partial charge in [-0.2, -0.15) is 0 Å². The van der Waals surface area contributed by atoms with E-state index in [1.807, 2.05) is 6.92 Å². The molecule has 0 aromatic heterocycles. The van der Waals surface area contributed by atoms with E-state index in [9.17, 15) is 4.79 Å². The second kappa shape index (κ2) is 6.22. The van der Waals surface area contributed by atoms with Gasteiger partial charge in [0.05, 0.1) is 0 Å². The smallest absolute Gasteiger partial charge is 0.189 e. The van der Waals surface area contributed by atoms with Crippen molar-refractivity contribution < 1.29 is 4.79 Å². The fraction of sp³-hybridized carbons (Fsp3) is 0.700. The molecule has 0 radical (unpaired) electrons. The molecule has 0 atom stereocenters. The summed E-state index contributed by atoms with van der Waals surface area (Å²) < 4.78 is 0. The molecule has 0 unspecified atom stereocenters. The van der Waals surface area contributed by atoms with Gasteiger partial charge in [-0.05, 0) is 25.1 Å². The van der Waals surface area contributed by atoms with Crippen LogP contribution in [0.15, 0.2) is 11.6 Å². The Morgan fingerprint density at radius 1 is 1.69 bits per heavy atom. The third kappa shape index (κ3) is 4.48. The zero-order chi connectivity index (χ0) is 9.52. The maximum absolute atomic E-state index is 11.2. The molecule has 0 aromatic rings. The van der Waals surface area contributed by atoms with E-state index in [0.717, 1.165) is 31.7 Å². The summed E-state index contributed by atoms with van der Waals surface area (Å²) in [5.41, 5.74) is 1.45. The van der Waals surface area contributed by atoms with Crippen molar-refractivity contribution in [2.75, 3.05) is 18.8 Å². The lowest BCUT2D eigenvalue weighted by Gasteiger charge is -2.12. The molecule has 0 amide bonds. The Balaban J connectivity index is 2.17. The number of carbonyl (C=O) groups is 1. The molecule has 0 saturated carbocycles. The summed E-state index contributed by atoms with van der Waals surface area (Å²) in [5, 5.41) is 3.60. The van der Waals surface area contributed by atoms with Crippen LogP contribution in [-0.2, 0) is 4.79 Å². The van der Waals surface area contributed by atoms with Gasteiger partial charge in [0.2, 0.25) is 0 Å². The molecular weight excluding hydrogens is 182 g/mol. The van der Waals surface area contributed by atoms with Crippen LogP contribution >= 0.6 is 11.8 Å². The van der Waals surface area contributed by atoms with Gasteiger partial charge < -0.3 is 5.32 Å². The zero-order valence-corrected chi connectivity index (χ0v) is 8.95. The number of hydrogen-bond acceptors (Lipinski definition) is 3. The molecule has 0 aromatic carbocycles. The number of rotatable bonds is 4. The minimum Gasteiger partial charge on any atom is -0.313 e. The first kappa shape index (κ1) is 10.8. The van der Waals surface area contributed by atoms with Crippen molar-refractivity contribution in [3.05, 3.63) is 11.6 Å². The van der Waals surface area contributed by atoms with E-state index in [2.05, 4.69) is 11.4 Å². The highest BCUT2D eigenvalue weighted by atomic mass is 32.2. The van der Waals surface area contributed by atoms with Crippen LogP contribution in [0, 0.1) is 0 Å². The minimum atomic E-state index is 0.335. The van der Waals surface area contributed by atoms with Crippen LogP contribution in [0.1, 0.15) is 26.2 Å². The highest BCUT2D eigenvalue weighted by Crippen LogP contribution is 2.15. The van der Waals surface area contributed by atoms with E-state index in [4.69, 9.17) is 0 Å². The average Bonchev–Trinajstić information content (AvgIpc) is 2.17. The van der Waals surface area contributed by atoms with Gasteiger partial charge in [-0.15, -0.1) is 0 Å². The van der Waals surface area contributed by atoms with Crippen LogP contribution in [0.2, 0.25) is 0 Å². The van der Waals surface area contributed by atoms with Crippen LogP contribution < -0.4 is 5.32 Å². The Bertz CT molecular complexity index is 201. The molecule has 1 aliphatic rings. The van der Waals surface area contributed by atoms with Crippen molar-refractivity contribution in [2.45, 2.75) is 26.2 Å². The van der Waals surface area contributed by atoms with E-state index in [1.165, 1.54) is 17.3 Å². The molecule has 13 heavy (non-hydrogen) atoms. The number of nitrogens with one attached hydrogen (secondary N) is 1. The van der Waals surface area contributed by atoms with Crippen LogP contribution in [0.4, 0.5) is 0 Å². The molecular formula is C10H17NOS. The average molecular weight is 199 g/mol. The standard InChI is InChI=1S/C10H17NOS/c1-2-13-10(12)4-3-9-5-7-11-8-6-9/h5,11H,2-4,6-8H2,1H3. The Labute approximate surface area is 84.2 Å². The Morgan fingerprint density at radius 2 is 2.54 bits per heavy atom. The molecule has 2 nitrogen and oxygen atoms in total. The van der Waals surface area contributed by atoms with Crippen LogP contribution in [0.3, 0.4) is 0 Å². The molecule has 74 valence electrons. The van der Waals surface area contributed by atoms with Crippen molar-refractivity contribution in [1.29, 1.82) is 0 Å². The molecule has 1 rings (SSSR count). The van der Waals surface area contributed by atoms with Gasteiger partial charge in [-0.25, -0.2) is 0 Å². The lowest BCUT2D eigenvalue weighted by Crippen LogP contribution is -2.20. The van der Waals surface area contributed by atoms with Crippen molar-refractivity contribution in [3.63, 3.8) is 0 Å². The summed E-state index contributed by atoms with van der Waals surface area (Å²) in [5.74, 6) is 0.902. The molecule has 1 heterocycles. The second-order valence-corrected chi connectivity index (χ2v) is 4.44. The molecule has 0 fully saturated rings. The Kier molecular flexibility index (Phi) is 5.16. The first-order valence-corrected chi connectivity index (χ1v) is 5.85. The van der Waals surface area contributed by atoms with Gasteiger partial charge >= 0.3 is 0 Å². The predicted molar refractivity (Wildman–Crippen MR) is 57.9 cm³/mol. The molecule has 0 aliphatic carbocycles. The van der Waals surface area contributed by atoms with Crippen LogP contribution in [-0.4, -0.2) is 24.0 Å². The first-order valence-electron chi connectivity index (χ1n) is 4.87. The largest absolute Gasteiger partial charge is 0.313 e. The first-order chi connectivity index (χ1) is 6.33. The van der Waals surface area contributed by atoms with E-state index < -0.39 is 0 Å². The molecule has 1 N–H and O–H groups in total. The van der Waals surface area contributed by atoms with Gasteiger partial charge in [0.25, 0.3) is 0 Å². The quantitative estimate of drug-likeness (QED) is 0.702. The summed E-state index contributed by atoms with van der Waals surface area (Å²) in [7, 11) is 0. The lowest BCUT2D eigenvalue weighted by molar-refractivity contribution is -0.110. The van der Waals surface area contributed by atoms with E-state index >= 15 is 0 Å². The molecule has 0 bridgehead atoms. The number of carbonyl (C=O) groups excluding carboxylic acids is 1. The van der Waals surface area contributed by atoms with Gasteiger partial charge in [0, 0.05) is 13.0 Å². The Morgan fingerprint density at radius 3 is 3.15 bits per heavy atom. The van der Waals surface area contributed by atoms with Gasteiger partial charge in [-0.1, -0.05) is 30.3 Å². The van der Waals surface area contributed by atoms with Crippen LogP contribution in [0.25, 0.3) is 0 Å². The summed E-state index contributed by atoms with van der Waals surface area (Å²) in [6.07, 6.45) is 5.01. The van der Waals surface area contributed by atoms with E-state index in [0.29, 0.717) is 11.5 Å². The highest BCUT2D eigenvalue weighted by molar-refractivity contribution is 8.13. The Hall–Kier alpha value is -0.280. The molecule has 1 aliphatic heterocycles. The molecule has 0 spiro atoms. The predicted octanol–water partition coefficient (Wildman–Crippen LogP) is 1.97.